The van der Waals surface area contributed by atoms with Crippen LogP contribution in [0.2, 0.25) is 0 Å². The largest absolute Gasteiger partial charge is 0.377 e. The molecule has 2 aromatic rings. The highest BCUT2D eigenvalue weighted by atomic mass is 19.1. The Labute approximate surface area is 109 Å². The predicted molar refractivity (Wildman–Crippen MR) is 70.6 cm³/mol. The van der Waals surface area contributed by atoms with Crippen LogP contribution in [-0.4, -0.2) is 9.97 Å². The maximum atomic E-state index is 12.8. The second-order valence-electron chi connectivity index (χ2n) is 4.72. The van der Waals surface area contributed by atoms with Crippen LogP contribution in [0.25, 0.3) is 0 Å². The van der Waals surface area contributed by atoms with Crippen LogP contribution in [0, 0.1) is 5.95 Å². The molecule has 1 atom stereocenters. The van der Waals surface area contributed by atoms with Crippen molar-refractivity contribution in [3.05, 3.63) is 58.0 Å². The lowest BCUT2D eigenvalue weighted by Gasteiger charge is -2.26. The van der Waals surface area contributed by atoms with Crippen molar-refractivity contribution >= 4 is 5.69 Å². The number of rotatable bonds is 2. The highest BCUT2D eigenvalue weighted by Crippen LogP contribution is 2.30. The molecular formula is C14H14FN3O. The van der Waals surface area contributed by atoms with E-state index in [1.54, 1.807) is 12.1 Å². The molecule has 98 valence electrons. The first-order valence-corrected chi connectivity index (χ1v) is 6.32. The van der Waals surface area contributed by atoms with E-state index >= 15 is 0 Å². The summed E-state index contributed by atoms with van der Waals surface area (Å²) in [6, 6.07) is 6.54. The van der Waals surface area contributed by atoms with Crippen LogP contribution in [0.1, 0.15) is 30.1 Å². The van der Waals surface area contributed by atoms with Crippen molar-refractivity contribution in [3.8, 4) is 0 Å². The van der Waals surface area contributed by atoms with Crippen LogP contribution < -0.4 is 10.9 Å². The molecule has 1 aliphatic carbocycles. The third-order valence-electron chi connectivity index (χ3n) is 3.40. The smallest absolute Gasteiger partial charge is 0.248 e. The van der Waals surface area contributed by atoms with Crippen molar-refractivity contribution in [1.82, 2.24) is 9.97 Å². The summed E-state index contributed by atoms with van der Waals surface area (Å²) < 4.78 is 12.8. The molecule has 2 heterocycles. The van der Waals surface area contributed by atoms with Gasteiger partial charge < -0.3 is 10.3 Å². The summed E-state index contributed by atoms with van der Waals surface area (Å²) in [7, 11) is 0. The van der Waals surface area contributed by atoms with Gasteiger partial charge in [0.2, 0.25) is 11.5 Å². The minimum absolute atomic E-state index is 0.0668. The molecule has 5 heteroatoms. The fourth-order valence-corrected chi connectivity index (χ4v) is 2.51. The highest BCUT2D eigenvalue weighted by Gasteiger charge is 2.20. The van der Waals surface area contributed by atoms with Gasteiger partial charge in [-0.2, -0.15) is 4.39 Å². The van der Waals surface area contributed by atoms with Crippen molar-refractivity contribution in [2.75, 3.05) is 5.32 Å². The summed E-state index contributed by atoms with van der Waals surface area (Å²) in [6.45, 7) is 0. The maximum Gasteiger partial charge on any atom is 0.248 e. The number of aryl methyl sites for hydroxylation is 1. The fraction of sp³-hybridized carbons (Fsp3) is 0.286. The minimum atomic E-state index is -0.487. The van der Waals surface area contributed by atoms with Gasteiger partial charge in [0.15, 0.2) is 0 Å². The Balaban J connectivity index is 1.87. The first-order valence-electron chi connectivity index (χ1n) is 6.32. The number of aromatic amines is 1. The second kappa shape index (κ2) is 4.84. The number of nitrogens with one attached hydrogen (secondary N) is 2. The van der Waals surface area contributed by atoms with E-state index in [2.05, 4.69) is 15.3 Å². The molecule has 0 saturated carbocycles. The van der Waals surface area contributed by atoms with Crippen molar-refractivity contribution < 1.29 is 4.39 Å². The molecule has 0 radical (unpaired) electrons. The molecule has 2 N–H and O–H groups in total. The summed E-state index contributed by atoms with van der Waals surface area (Å²) >= 11 is 0. The molecular weight excluding hydrogens is 245 g/mol. The molecule has 0 saturated heterocycles. The minimum Gasteiger partial charge on any atom is -0.377 e. The van der Waals surface area contributed by atoms with Gasteiger partial charge in [-0.1, -0.05) is 0 Å². The Morgan fingerprint density at radius 2 is 2.21 bits per heavy atom. The van der Waals surface area contributed by atoms with Gasteiger partial charge >= 0.3 is 0 Å². The van der Waals surface area contributed by atoms with Crippen LogP contribution in [-0.2, 0) is 6.42 Å². The van der Waals surface area contributed by atoms with E-state index < -0.39 is 5.95 Å². The van der Waals surface area contributed by atoms with Crippen molar-refractivity contribution in [2.45, 2.75) is 25.3 Å². The first kappa shape index (κ1) is 11.9. The third kappa shape index (κ3) is 2.50. The molecule has 0 bridgehead atoms. The van der Waals surface area contributed by atoms with E-state index in [4.69, 9.17) is 0 Å². The zero-order valence-electron chi connectivity index (χ0n) is 10.3. The quantitative estimate of drug-likeness (QED) is 0.814. The maximum absolute atomic E-state index is 12.8. The highest BCUT2D eigenvalue weighted by molar-refractivity contribution is 5.44. The summed E-state index contributed by atoms with van der Waals surface area (Å²) in [5.41, 5.74) is 2.81. The number of anilines is 1. The van der Waals surface area contributed by atoms with Crippen molar-refractivity contribution in [2.24, 2.45) is 0 Å². The van der Waals surface area contributed by atoms with E-state index in [9.17, 15) is 9.18 Å². The summed E-state index contributed by atoms with van der Waals surface area (Å²) in [4.78, 5) is 17.8. The van der Waals surface area contributed by atoms with Gasteiger partial charge in [0.1, 0.15) is 0 Å². The second-order valence-corrected chi connectivity index (χ2v) is 4.72. The van der Waals surface area contributed by atoms with Gasteiger partial charge in [-0.05, 0) is 43.0 Å². The lowest BCUT2D eigenvalue weighted by Crippen LogP contribution is -2.21. The van der Waals surface area contributed by atoms with Crippen LogP contribution in [0.4, 0.5) is 10.1 Å². The van der Waals surface area contributed by atoms with Crippen LogP contribution >= 0.6 is 0 Å². The van der Waals surface area contributed by atoms with Gasteiger partial charge in [0.25, 0.3) is 0 Å². The standard InChI is InChI=1S/C14H14FN3O/c15-13-6-4-9(8-16-13)17-11-2-1-3-12-10(11)5-7-14(19)18-12/h4-8,11,17H,1-3H2,(H,18,19). The average molecular weight is 259 g/mol. The number of fused-ring (bicyclic) bond motifs is 1. The molecule has 0 fully saturated rings. The SMILES string of the molecule is O=c1ccc2c([nH]1)CCCC2Nc1ccc(F)nc1. The number of hydrogen-bond acceptors (Lipinski definition) is 3. The summed E-state index contributed by atoms with van der Waals surface area (Å²) in [6.07, 6.45) is 4.37. The Morgan fingerprint density at radius 1 is 1.32 bits per heavy atom. The Morgan fingerprint density at radius 3 is 3.00 bits per heavy atom. The first-order chi connectivity index (χ1) is 9.22. The molecule has 0 amide bonds. The van der Waals surface area contributed by atoms with E-state index in [0.29, 0.717) is 0 Å². The number of hydrogen-bond donors (Lipinski definition) is 2. The lowest BCUT2D eigenvalue weighted by molar-refractivity contribution is 0.577. The normalized spacial score (nSPS) is 17.8. The topological polar surface area (TPSA) is 57.8 Å². The molecule has 1 aliphatic rings. The van der Waals surface area contributed by atoms with E-state index in [1.807, 2.05) is 6.07 Å². The molecule has 2 aromatic heterocycles. The molecule has 0 spiro atoms. The number of halogens is 1. The molecule has 0 aliphatic heterocycles. The lowest BCUT2D eigenvalue weighted by atomic mass is 9.91. The molecule has 3 rings (SSSR count). The zero-order valence-corrected chi connectivity index (χ0v) is 10.3. The van der Waals surface area contributed by atoms with E-state index in [0.717, 1.165) is 36.2 Å². The fourth-order valence-electron chi connectivity index (χ4n) is 2.51. The summed E-state index contributed by atoms with van der Waals surface area (Å²) in [5.74, 6) is -0.487. The summed E-state index contributed by atoms with van der Waals surface area (Å²) in [5, 5.41) is 3.33. The average Bonchev–Trinajstić information content (AvgIpc) is 2.41. The van der Waals surface area contributed by atoms with E-state index in [1.165, 1.54) is 12.3 Å². The van der Waals surface area contributed by atoms with E-state index in [-0.39, 0.29) is 11.6 Å². The van der Waals surface area contributed by atoms with Crippen molar-refractivity contribution in [3.63, 3.8) is 0 Å². The van der Waals surface area contributed by atoms with Gasteiger partial charge in [-0.25, -0.2) is 4.98 Å². The third-order valence-corrected chi connectivity index (χ3v) is 3.40. The Bertz CT molecular complexity index is 636. The number of pyridine rings is 2. The molecule has 1 unspecified atom stereocenters. The van der Waals surface area contributed by atoms with Crippen LogP contribution in [0.3, 0.4) is 0 Å². The Hall–Kier alpha value is -2.17. The van der Waals surface area contributed by atoms with Crippen LogP contribution in [0.15, 0.2) is 35.3 Å². The molecule has 19 heavy (non-hydrogen) atoms. The number of nitrogens with zero attached hydrogens (tertiary/aromatic N) is 1. The zero-order chi connectivity index (χ0) is 13.2. The van der Waals surface area contributed by atoms with Crippen molar-refractivity contribution in [1.29, 1.82) is 0 Å². The molecule has 4 nitrogen and oxygen atoms in total. The molecule has 0 aromatic carbocycles. The van der Waals surface area contributed by atoms with Crippen LogP contribution in [0.5, 0.6) is 0 Å². The monoisotopic (exact) mass is 259 g/mol. The van der Waals surface area contributed by atoms with Gasteiger partial charge in [-0.15, -0.1) is 0 Å². The number of aromatic nitrogens is 2. The predicted octanol–water partition coefficient (Wildman–Crippen LogP) is 2.40. The number of H-pyrrole nitrogens is 1. The van der Waals surface area contributed by atoms with Gasteiger partial charge in [0.05, 0.1) is 17.9 Å². The van der Waals surface area contributed by atoms with Gasteiger partial charge in [-0.3, -0.25) is 4.79 Å². The van der Waals surface area contributed by atoms with Gasteiger partial charge in [0, 0.05) is 11.8 Å². The Kier molecular flexibility index (Phi) is 3.03.